The zero-order valence-corrected chi connectivity index (χ0v) is 9.50. The first-order valence-electron chi connectivity index (χ1n) is 5.52. The van der Waals surface area contributed by atoms with Crippen molar-refractivity contribution in [2.75, 3.05) is 24.5 Å². The second-order valence-electron chi connectivity index (χ2n) is 3.99. The number of hydrogen-bond donors (Lipinski definition) is 1. The van der Waals surface area contributed by atoms with Crippen molar-refractivity contribution in [1.29, 1.82) is 0 Å². The van der Waals surface area contributed by atoms with Crippen molar-refractivity contribution < 1.29 is 18.0 Å². The Morgan fingerprint density at radius 2 is 2.06 bits per heavy atom. The van der Waals surface area contributed by atoms with E-state index in [0.717, 1.165) is 12.3 Å². The predicted octanol–water partition coefficient (Wildman–Crippen LogP) is 1.43. The summed E-state index contributed by atoms with van der Waals surface area (Å²) < 4.78 is 37.1. The minimum Gasteiger partial charge on any atom is -0.354 e. The van der Waals surface area contributed by atoms with Crippen LogP contribution >= 0.6 is 0 Å². The van der Waals surface area contributed by atoms with Crippen LogP contribution in [0.3, 0.4) is 0 Å². The fraction of sp³-hybridized carbons (Fsp3) is 0.455. The number of aromatic nitrogens is 1. The summed E-state index contributed by atoms with van der Waals surface area (Å²) in [6.45, 7) is 1.48. The summed E-state index contributed by atoms with van der Waals surface area (Å²) in [5.41, 5.74) is -0.768. The van der Waals surface area contributed by atoms with E-state index in [9.17, 15) is 18.0 Å². The zero-order valence-electron chi connectivity index (χ0n) is 9.50. The zero-order chi connectivity index (χ0) is 13.2. The lowest BCUT2D eigenvalue weighted by molar-refractivity contribution is -0.137. The lowest BCUT2D eigenvalue weighted by atomic mass is 10.2. The summed E-state index contributed by atoms with van der Waals surface area (Å²) in [5, 5.41) is 2.69. The van der Waals surface area contributed by atoms with Crippen molar-refractivity contribution in [3.8, 4) is 0 Å². The molecule has 1 saturated heterocycles. The van der Waals surface area contributed by atoms with Crippen LogP contribution in [0.1, 0.15) is 12.0 Å². The topological polar surface area (TPSA) is 45.2 Å². The number of pyridine rings is 1. The molecule has 18 heavy (non-hydrogen) atoms. The Balaban J connectivity index is 2.11. The van der Waals surface area contributed by atoms with Crippen molar-refractivity contribution >= 4 is 11.7 Å². The molecule has 0 bridgehead atoms. The normalized spacial score (nSPS) is 17.3. The molecule has 1 amide bonds. The minimum absolute atomic E-state index is 0.0515. The molecule has 0 aliphatic carbocycles. The van der Waals surface area contributed by atoms with Gasteiger partial charge in [0.15, 0.2) is 0 Å². The largest absolute Gasteiger partial charge is 0.417 e. The van der Waals surface area contributed by atoms with Crippen LogP contribution in [0.2, 0.25) is 0 Å². The molecule has 1 aliphatic heterocycles. The van der Waals surface area contributed by atoms with E-state index in [1.807, 2.05) is 0 Å². The van der Waals surface area contributed by atoms with E-state index >= 15 is 0 Å². The van der Waals surface area contributed by atoms with Crippen molar-refractivity contribution in [3.05, 3.63) is 23.9 Å². The van der Waals surface area contributed by atoms with Gasteiger partial charge in [0.2, 0.25) is 5.91 Å². The number of anilines is 1. The Labute approximate surface area is 102 Å². The number of hydrogen-bond acceptors (Lipinski definition) is 3. The van der Waals surface area contributed by atoms with Crippen LogP contribution in [-0.2, 0) is 11.0 Å². The Hall–Kier alpha value is -1.79. The summed E-state index contributed by atoms with van der Waals surface area (Å²) in [5.74, 6) is 0.406. The molecule has 1 fully saturated rings. The molecular formula is C11H12F3N3O. The third kappa shape index (κ3) is 2.91. The summed E-state index contributed by atoms with van der Waals surface area (Å²) in [4.78, 5) is 16.7. The van der Waals surface area contributed by atoms with E-state index in [-0.39, 0.29) is 5.91 Å². The number of nitrogens with one attached hydrogen (secondary N) is 1. The van der Waals surface area contributed by atoms with Crippen LogP contribution < -0.4 is 10.2 Å². The number of alkyl halides is 3. The molecule has 0 aromatic carbocycles. The summed E-state index contributed by atoms with van der Waals surface area (Å²) in [6.07, 6.45) is -3.24. The van der Waals surface area contributed by atoms with Crippen LogP contribution in [0.15, 0.2) is 18.3 Å². The minimum atomic E-state index is -4.37. The molecule has 0 atom stereocenters. The molecule has 0 spiro atoms. The second kappa shape index (κ2) is 4.83. The number of rotatable bonds is 1. The quantitative estimate of drug-likeness (QED) is 0.829. The Morgan fingerprint density at radius 3 is 2.67 bits per heavy atom. The van der Waals surface area contributed by atoms with E-state index in [4.69, 9.17) is 0 Å². The van der Waals surface area contributed by atoms with E-state index < -0.39 is 11.7 Å². The van der Waals surface area contributed by atoms with Gasteiger partial charge < -0.3 is 10.2 Å². The fourth-order valence-corrected chi connectivity index (χ4v) is 1.74. The highest BCUT2D eigenvalue weighted by Crippen LogP contribution is 2.29. The van der Waals surface area contributed by atoms with Crippen molar-refractivity contribution in [1.82, 2.24) is 10.3 Å². The van der Waals surface area contributed by atoms with Crippen LogP contribution in [0.4, 0.5) is 19.0 Å². The molecule has 1 aromatic heterocycles. The van der Waals surface area contributed by atoms with Crippen LogP contribution in [0.25, 0.3) is 0 Å². The van der Waals surface area contributed by atoms with Gasteiger partial charge >= 0.3 is 6.18 Å². The first-order chi connectivity index (χ1) is 8.47. The third-order valence-electron chi connectivity index (χ3n) is 2.71. The standard InChI is InChI=1S/C11H12F3N3O/c12-11(13,14)8-1-2-9(16-7-8)17-5-3-10(18)15-4-6-17/h1-2,7H,3-6H2,(H,15,18). The van der Waals surface area contributed by atoms with E-state index in [1.54, 1.807) is 4.90 Å². The second-order valence-corrected chi connectivity index (χ2v) is 3.99. The lowest BCUT2D eigenvalue weighted by Crippen LogP contribution is -2.29. The average molecular weight is 259 g/mol. The summed E-state index contributed by atoms with van der Waals surface area (Å²) >= 11 is 0. The van der Waals surface area contributed by atoms with Crippen LogP contribution in [-0.4, -0.2) is 30.5 Å². The average Bonchev–Trinajstić information content (AvgIpc) is 2.53. The van der Waals surface area contributed by atoms with Gasteiger partial charge in [0.25, 0.3) is 0 Å². The van der Waals surface area contributed by atoms with Crippen LogP contribution in [0, 0.1) is 0 Å². The molecule has 1 aliphatic rings. The summed E-state index contributed by atoms with van der Waals surface area (Å²) in [7, 11) is 0. The number of halogens is 3. The van der Waals surface area contributed by atoms with Crippen molar-refractivity contribution in [2.45, 2.75) is 12.6 Å². The predicted molar refractivity (Wildman–Crippen MR) is 59.1 cm³/mol. The maximum atomic E-state index is 12.4. The maximum Gasteiger partial charge on any atom is 0.417 e. The molecule has 0 radical (unpaired) electrons. The van der Waals surface area contributed by atoms with Gasteiger partial charge in [-0.05, 0) is 12.1 Å². The highest BCUT2D eigenvalue weighted by molar-refractivity contribution is 5.77. The van der Waals surface area contributed by atoms with Gasteiger partial charge in [-0.2, -0.15) is 13.2 Å². The smallest absolute Gasteiger partial charge is 0.354 e. The summed E-state index contributed by atoms with van der Waals surface area (Å²) in [6, 6.07) is 2.33. The molecule has 4 nitrogen and oxygen atoms in total. The first-order valence-corrected chi connectivity index (χ1v) is 5.52. The number of amides is 1. The van der Waals surface area contributed by atoms with Crippen molar-refractivity contribution in [3.63, 3.8) is 0 Å². The molecule has 2 rings (SSSR count). The highest BCUT2D eigenvalue weighted by Gasteiger charge is 2.30. The SMILES string of the molecule is O=C1CCN(c2ccc(C(F)(F)F)cn2)CCN1. The Morgan fingerprint density at radius 1 is 1.28 bits per heavy atom. The number of nitrogens with zero attached hydrogens (tertiary/aromatic N) is 2. The molecule has 2 heterocycles. The van der Waals surface area contributed by atoms with Crippen LogP contribution in [0.5, 0.6) is 0 Å². The third-order valence-corrected chi connectivity index (χ3v) is 2.71. The highest BCUT2D eigenvalue weighted by atomic mass is 19.4. The number of carbonyl (C=O) groups is 1. The van der Waals surface area contributed by atoms with Crippen molar-refractivity contribution in [2.24, 2.45) is 0 Å². The van der Waals surface area contributed by atoms with Gasteiger partial charge in [-0.25, -0.2) is 4.98 Å². The monoisotopic (exact) mass is 259 g/mol. The molecule has 7 heteroatoms. The van der Waals surface area contributed by atoms with Gasteiger partial charge in [0.05, 0.1) is 5.56 Å². The van der Waals surface area contributed by atoms with Gasteiger partial charge in [-0.1, -0.05) is 0 Å². The lowest BCUT2D eigenvalue weighted by Gasteiger charge is -2.20. The maximum absolute atomic E-state index is 12.4. The molecule has 98 valence electrons. The number of carbonyl (C=O) groups excluding carboxylic acids is 1. The first kappa shape index (κ1) is 12.7. The van der Waals surface area contributed by atoms with E-state index in [1.165, 1.54) is 6.07 Å². The molecular weight excluding hydrogens is 247 g/mol. The molecule has 1 aromatic rings. The van der Waals surface area contributed by atoms with Gasteiger partial charge in [-0.3, -0.25) is 4.79 Å². The molecule has 0 saturated carbocycles. The Bertz CT molecular complexity index is 430. The van der Waals surface area contributed by atoms with Gasteiger partial charge in [0, 0.05) is 32.3 Å². The van der Waals surface area contributed by atoms with E-state index in [2.05, 4.69) is 10.3 Å². The van der Waals surface area contributed by atoms with E-state index in [0.29, 0.717) is 31.9 Å². The van der Waals surface area contributed by atoms with Gasteiger partial charge in [0.1, 0.15) is 5.82 Å². The molecule has 0 unspecified atom stereocenters. The molecule has 1 N–H and O–H groups in total. The fourth-order valence-electron chi connectivity index (χ4n) is 1.74. The Kier molecular flexibility index (Phi) is 3.40. The van der Waals surface area contributed by atoms with Gasteiger partial charge in [-0.15, -0.1) is 0 Å².